The van der Waals surface area contributed by atoms with E-state index in [0.29, 0.717) is 19.3 Å². The number of carbonyl (C=O) groups excluding carboxylic acids is 2. The average Bonchev–Trinajstić information content (AvgIpc) is 2.05. The van der Waals surface area contributed by atoms with Crippen LogP contribution in [0.25, 0.3) is 0 Å². The van der Waals surface area contributed by atoms with Crippen LogP contribution >= 0.6 is 0 Å². The SMILES string of the molecule is COC1CC(C=O)CCC1=O. The van der Waals surface area contributed by atoms with Gasteiger partial charge in [-0.05, 0) is 12.8 Å². The first-order valence-electron chi connectivity index (χ1n) is 3.78. The van der Waals surface area contributed by atoms with Gasteiger partial charge in [0, 0.05) is 19.4 Å². The Balaban J connectivity index is 2.50. The number of carbonyl (C=O) groups is 2. The second-order valence-electron chi connectivity index (χ2n) is 2.86. The lowest BCUT2D eigenvalue weighted by Gasteiger charge is -2.22. The molecule has 1 fully saturated rings. The standard InChI is InChI=1S/C8H12O3/c1-11-8-4-6(5-9)2-3-7(8)10/h5-6,8H,2-4H2,1H3. The zero-order chi connectivity index (χ0) is 8.27. The highest BCUT2D eigenvalue weighted by atomic mass is 16.5. The molecule has 3 heteroatoms. The quantitative estimate of drug-likeness (QED) is 0.549. The van der Waals surface area contributed by atoms with Crippen LogP contribution in [0.2, 0.25) is 0 Å². The molecule has 0 aromatic rings. The molecule has 0 saturated heterocycles. The number of Topliss-reactive ketones (excluding diaryl/α,β-unsaturated/α-hetero) is 1. The predicted octanol–water partition coefficient (Wildman–Crippen LogP) is 0.569. The number of hydrogen-bond donors (Lipinski definition) is 0. The van der Waals surface area contributed by atoms with Crippen molar-refractivity contribution in [3.8, 4) is 0 Å². The fraction of sp³-hybridized carbons (Fsp3) is 0.750. The Morgan fingerprint density at radius 2 is 2.36 bits per heavy atom. The third-order valence-corrected chi connectivity index (χ3v) is 2.11. The summed E-state index contributed by atoms with van der Waals surface area (Å²) in [6.07, 6.45) is 2.33. The maximum absolute atomic E-state index is 11.0. The number of ether oxygens (including phenoxy) is 1. The van der Waals surface area contributed by atoms with Crippen molar-refractivity contribution >= 4 is 12.1 Å². The van der Waals surface area contributed by atoms with Gasteiger partial charge in [0.15, 0.2) is 5.78 Å². The maximum Gasteiger partial charge on any atom is 0.161 e. The minimum absolute atomic E-state index is 0.0256. The van der Waals surface area contributed by atoms with Crippen LogP contribution in [0.15, 0.2) is 0 Å². The van der Waals surface area contributed by atoms with Gasteiger partial charge < -0.3 is 9.53 Å². The molecule has 0 N–H and O–H groups in total. The highest BCUT2D eigenvalue weighted by molar-refractivity contribution is 5.84. The van der Waals surface area contributed by atoms with Crippen LogP contribution in [0.4, 0.5) is 0 Å². The molecule has 1 aliphatic carbocycles. The van der Waals surface area contributed by atoms with Crippen LogP contribution in [0.3, 0.4) is 0 Å². The van der Waals surface area contributed by atoms with E-state index in [4.69, 9.17) is 4.74 Å². The lowest BCUT2D eigenvalue weighted by atomic mass is 9.87. The molecule has 0 amide bonds. The first-order chi connectivity index (χ1) is 5.27. The van der Waals surface area contributed by atoms with E-state index >= 15 is 0 Å². The van der Waals surface area contributed by atoms with Gasteiger partial charge in [-0.2, -0.15) is 0 Å². The van der Waals surface area contributed by atoms with Crippen molar-refractivity contribution in [2.45, 2.75) is 25.4 Å². The molecule has 2 unspecified atom stereocenters. The molecule has 1 saturated carbocycles. The first-order valence-corrected chi connectivity index (χ1v) is 3.78. The Kier molecular flexibility index (Phi) is 2.76. The predicted molar refractivity (Wildman–Crippen MR) is 39.2 cm³/mol. The lowest BCUT2D eigenvalue weighted by molar-refractivity contribution is -0.133. The zero-order valence-electron chi connectivity index (χ0n) is 6.58. The molecular formula is C8H12O3. The monoisotopic (exact) mass is 156 g/mol. The normalized spacial score (nSPS) is 31.9. The summed E-state index contributed by atoms with van der Waals surface area (Å²) in [6, 6.07) is 0. The Morgan fingerprint density at radius 1 is 1.64 bits per heavy atom. The summed E-state index contributed by atoms with van der Waals surface area (Å²) in [4.78, 5) is 21.4. The Labute approximate surface area is 65.7 Å². The minimum atomic E-state index is -0.334. The largest absolute Gasteiger partial charge is 0.374 e. The molecule has 0 heterocycles. The van der Waals surface area contributed by atoms with Crippen molar-refractivity contribution in [2.75, 3.05) is 7.11 Å². The van der Waals surface area contributed by atoms with Gasteiger partial charge in [-0.3, -0.25) is 4.79 Å². The molecule has 2 atom stereocenters. The van der Waals surface area contributed by atoms with Gasteiger partial charge in [0.1, 0.15) is 12.4 Å². The summed E-state index contributed by atoms with van der Waals surface area (Å²) in [5.74, 6) is 0.156. The third kappa shape index (κ3) is 1.87. The van der Waals surface area contributed by atoms with E-state index in [1.807, 2.05) is 0 Å². The van der Waals surface area contributed by atoms with E-state index < -0.39 is 0 Å². The van der Waals surface area contributed by atoms with E-state index in [1.54, 1.807) is 0 Å². The second kappa shape index (κ2) is 3.62. The second-order valence-corrected chi connectivity index (χ2v) is 2.86. The molecule has 0 aliphatic heterocycles. The molecular weight excluding hydrogens is 144 g/mol. The van der Waals surface area contributed by atoms with Crippen molar-refractivity contribution in [1.29, 1.82) is 0 Å². The smallest absolute Gasteiger partial charge is 0.161 e. The molecule has 0 radical (unpaired) electrons. The summed E-state index contributed by atoms with van der Waals surface area (Å²) in [5, 5.41) is 0. The maximum atomic E-state index is 11.0. The number of hydrogen-bond acceptors (Lipinski definition) is 3. The van der Waals surface area contributed by atoms with Gasteiger partial charge in [-0.1, -0.05) is 0 Å². The van der Waals surface area contributed by atoms with Gasteiger partial charge in [0.2, 0.25) is 0 Å². The van der Waals surface area contributed by atoms with Crippen molar-refractivity contribution in [3.63, 3.8) is 0 Å². The third-order valence-electron chi connectivity index (χ3n) is 2.11. The zero-order valence-corrected chi connectivity index (χ0v) is 6.58. The van der Waals surface area contributed by atoms with Crippen molar-refractivity contribution in [3.05, 3.63) is 0 Å². The van der Waals surface area contributed by atoms with Gasteiger partial charge in [0.05, 0.1) is 0 Å². The number of ketones is 1. The van der Waals surface area contributed by atoms with E-state index in [2.05, 4.69) is 0 Å². The molecule has 0 aromatic carbocycles. The fourth-order valence-corrected chi connectivity index (χ4v) is 1.36. The van der Waals surface area contributed by atoms with Gasteiger partial charge in [-0.15, -0.1) is 0 Å². The molecule has 62 valence electrons. The van der Waals surface area contributed by atoms with Crippen LogP contribution in [0.5, 0.6) is 0 Å². The Hall–Kier alpha value is -0.700. The van der Waals surface area contributed by atoms with E-state index in [-0.39, 0.29) is 17.8 Å². The van der Waals surface area contributed by atoms with E-state index in [1.165, 1.54) is 7.11 Å². The number of rotatable bonds is 2. The number of methoxy groups -OCH3 is 1. The average molecular weight is 156 g/mol. The molecule has 3 nitrogen and oxygen atoms in total. The van der Waals surface area contributed by atoms with Gasteiger partial charge in [-0.25, -0.2) is 0 Å². The van der Waals surface area contributed by atoms with Crippen LogP contribution in [-0.2, 0) is 14.3 Å². The molecule has 11 heavy (non-hydrogen) atoms. The highest BCUT2D eigenvalue weighted by Crippen LogP contribution is 2.21. The summed E-state index contributed by atoms with van der Waals surface area (Å²) < 4.78 is 4.93. The number of aldehydes is 1. The minimum Gasteiger partial charge on any atom is -0.374 e. The Morgan fingerprint density at radius 3 is 2.91 bits per heavy atom. The summed E-state index contributed by atoms with van der Waals surface area (Å²) in [6.45, 7) is 0. The molecule has 0 bridgehead atoms. The molecule has 1 aliphatic rings. The van der Waals surface area contributed by atoms with Crippen molar-refractivity contribution < 1.29 is 14.3 Å². The molecule has 1 rings (SSSR count). The summed E-state index contributed by atoms with van der Waals surface area (Å²) in [5.41, 5.74) is 0. The van der Waals surface area contributed by atoms with Crippen LogP contribution < -0.4 is 0 Å². The first kappa shape index (κ1) is 8.40. The van der Waals surface area contributed by atoms with Gasteiger partial charge in [0.25, 0.3) is 0 Å². The topological polar surface area (TPSA) is 43.4 Å². The van der Waals surface area contributed by atoms with Crippen molar-refractivity contribution in [1.82, 2.24) is 0 Å². The van der Waals surface area contributed by atoms with E-state index in [0.717, 1.165) is 6.29 Å². The summed E-state index contributed by atoms with van der Waals surface area (Å²) in [7, 11) is 1.51. The van der Waals surface area contributed by atoms with Crippen LogP contribution in [0.1, 0.15) is 19.3 Å². The molecule has 0 spiro atoms. The molecule has 0 aromatic heterocycles. The van der Waals surface area contributed by atoms with Crippen molar-refractivity contribution in [2.24, 2.45) is 5.92 Å². The van der Waals surface area contributed by atoms with E-state index in [9.17, 15) is 9.59 Å². The summed E-state index contributed by atoms with van der Waals surface area (Å²) >= 11 is 0. The Bertz CT molecular complexity index is 165. The van der Waals surface area contributed by atoms with Crippen LogP contribution in [-0.4, -0.2) is 25.3 Å². The fourth-order valence-electron chi connectivity index (χ4n) is 1.36. The van der Waals surface area contributed by atoms with Crippen LogP contribution in [0, 0.1) is 5.92 Å². The highest BCUT2D eigenvalue weighted by Gasteiger charge is 2.27. The lowest BCUT2D eigenvalue weighted by Crippen LogP contribution is -2.31. The van der Waals surface area contributed by atoms with Gasteiger partial charge >= 0.3 is 0 Å².